The van der Waals surface area contributed by atoms with Crippen molar-refractivity contribution in [3.8, 4) is 17.2 Å². The third-order valence-electron chi connectivity index (χ3n) is 11.0. The van der Waals surface area contributed by atoms with Crippen LogP contribution in [0.5, 0.6) is 17.2 Å². The van der Waals surface area contributed by atoms with Crippen molar-refractivity contribution in [3.63, 3.8) is 0 Å². The maximum atomic E-state index is 13.7. The van der Waals surface area contributed by atoms with Gasteiger partial charge in [0.1, 0.15) is 28.6 Å². The molecule has 1 unspecified atom stereocenters. The number of fused-ring (bicyclic) bond motifs is 5. The molecule has 55 heavy (non-hydrogen) atoms. The molecule has 0 radical (unpaired) electrons. The molecule has 1 aromatic heterocycles. The number of pyridine rings is 1. The first kappa shape index (κ1) is 39.3. The fourth-order valence-electron chi connectivity index (χ4n) is 8.23. The molecule has 0 aliphatic carbocycles. The van der Waals surface area contributed by atoms with Crippen LogP contribution >= 0.6 is 0 Å². The quantitative estimate of drug-likeness (QED) is 0.181. The predicted molar refractivity (Wildman–Crippen MR) is 206 cm³/mol. The standard InChI is InChI=1S/C43H51N3O9/c1-27-9-6-12-32(47)11-5-3-4-10-30-22-36(48)41(42(52)40(30)43(53)55-27)34(29-16-18-33(54-2)19-17-29)23-37(49)44-20-8-15-38(50)45-24-28-21-31(26-45)35-13-7-14-39(51)46(35)25-28/h4,7,10,13-14,16-19,22,27-28,31,34,48,52H,3,5-6,8-9,11-12,15,20-21,23-26H2,1-2H3,(H,44,49)/t27-,28+,31-,34?/m0/s1. The molecule has 1 fully saturated rings. The van der Waals surface area contributed by atoms with Crippen LogP contribution in [0, 0.1) is 5.92 Å². The monoisotopic (exact) mass is 753 g/mol. The van der Waals surface area contributed by atoms with Crippen molar-refractivity contribution in [1.82, 2.24) is 14.8 Å². The van der Waals surface area contributed by atoms with E-state index in [1.54, 1.807) is 55.5 Å². The number of ketones is 1. The van der Waals surface area contributed by atoms with Gasteiger partial charge in [-0.15, -0.1) is 0 Å². The van der Waals surface area contributed by atoms with E-state index in [4.69, 9.17) is 9.47 Å². The number of piperidine rings is 1. The van der Waals surface area contributed by atoms with Crippen molar-refractivity contribution in [2.24, 2.45) is 5.92 Å². The molecule has 4 atom stereocenters. The van der Waals surface area contributed by atoms with Gasteiger partial charge >= 0.3 is 5.97 Å². The summed E-state index contributed by atoms with van der Waals surface area (Å²) in [7, 11) is 1.53. The molecule has 3 aliphatic heterocycles. The molecule has 0 saturated carbocycles. The number of ether oxygens (including phenoxy) is 2. The fourth-order valence-corrected chi connectivity index (χ4v) is 8.23. The summed E-state index contributed by atoms with van der Waals surface area (Å²) in [5, 5.41) is 26.2. The Hall–Kier alpha value is -5.39. The van der Waals surface area contributed by atoms with Gasteiger partial charge in [-0.3, -0.25) is 19.2 Å². The number of benzene rings is 2. The van der Waals surface area contributed by atoms with E-state index in [9.17, 15) is 34.2 Å². The number of hydrogen-bond acceptors (Lipinski definition) is 9. The average molecular weight is 754 g/mol. The summed E-state index contributed by atoms with van der Waals surface area (Å²) in [4.78, 5) is 67.0. The van der Waals surface area contributed by atoms with Crippen LogP contribution in [-0.4, -0.2) is 76.1 Å². The van der Waals surface area contributed by atoms with Crippen LogP contribution in [0.3, 0.4) is 0 Å². The van der Waals surface area contributed by atoms with Crippen molar-refractivity contribution >= 4 is 29.6 Å². The van der Waals surface area contributed by atoms with Crippen LogP contribution < -0.4 is 15.6 Å². The largest absolute Gasteiger partial charge is 0.507 e. The lowest BCUT2D eigenvalue weighted by Crippen LogP contribution is -2.49. The van der Waals surface area contributed by atoms with Crippen molar-refractivity contribution in [2.75, 3.05) is 26.7 Å². The third kappa shape index (κ3) is 9.47. The SMILES string of the molecule is COc1ccc(C(CC(=O)NCCCC(=O)N2C[C@H]3C[C@@H](C2)c2cccc(=O)n2C3)c2c(O)cc3c(c2O)C(=O)O[C@@H](C)CCCC(=O)CCCC=C3)cc1. The average Bonchev–Trinajstić information content (AvgIpc) is 3.15. The second-order valence-corrected chi connectivity index (χ2v) is 15.0. The van der Waals surface area contributed by atoms with E-state index in [1.807, 2.05) is 15.5 Å². The topological polar surface area (TPSA) is 164 Å². The van der Waals surface area contributed by atoms with Crippen LogP contribution in [0.15, 0.2) is 59.4 Å². The Bertz CT molecular complexity index is 1990. The zero-order valence-electron chi connectivity index (χ0n) is 31.6. The zero-order chi connectivity index (χ0) is 39.1. The number of likely N-dealkylation sites (tertiary alicyclic amines) is 1. The normalized spacial score (nSPS) is 20.7. The van der Waals surface area contributed by atoms with E-state index in [1.165, 1.54) is 13.2 Å². The number of carbonyl (C=O) groups excluding carboxylic acids is 4. The van der Waals surface area contributed by atoms with Gasteiger partial charge in [0, 0.05) is 81.0 Å². The van der Waals surface area contributed by atoms with E-state index in [0.29, 0.717) is 75.9 Å². The number of hydrogen-bond donors (Lipinski definition) is 3. The number of methoxy groups -OCH3 is 1. The van der Waals surface area contributed by atoms with Gasteiger partial charge in [-0.05, 0) is 86.8 Å². The van der Waals surface area contributed by atoms with E-state index in [0.717, 1.165) is 12.1 Å². The maximum absolute atomic E-state index is 13.7. The molecule has 12 heteroatoms. The lowest BCUT2D eigenvalue weighted by Gasteiger charge is -2.42. The van der Waals surface area contributed by atoms with E-state index in [2.05, 4.69) is 5.32 Å². The van der Waals surface area contributed by atoms with Crippen molar-refractivity contribution < 1.29 is 38.9 Å². The number of rotatable bonds is 9. The summed E-state index contributed by atoms with van der Waals surface area (Å²) in [5.41, 5.74) is 1.73. The summed E-state index contributed by atoms with van der Waals surface area (Å²) in [6.07, 6.45) is 7.46. The first-order chi connectivity index (χ1) is 26.5. The fraction of sp³-hybridized carbons (Fsp3) is 0.465. The molecule has 3 aromatic rings. The third-order valence-corrected chi connectivity index (χ3v) is 11.0. The number of phenolic OH excluding ortho intramolecular Hbond substituents is 2. The van der Waals surface area contributed by atoms with Crippen LogP contribution in [0.4, 0.5) is 0 Å². The lowest BCUT2D eigenvalue weighted by molar-refractivity contribution is -0.134. The lowest BCUT2D eigenvalue weighted by atomic mass is 9.83. The molecule has 2 aromatic carbocycles. The number of phenols is 2. The summed E-state index contributed by atoms with van der Waals surface area (Å²) in [6.45, 7) is 3.74. The van der Waals surface area contributed by atoms with E-state index in [-0.39, 0.29) is 76.8 Å². The number of aromatic nitrogens is 1. The predicted octanol–water partition coefficient (Wildman–Crippen LogP) is 5.81. The number of amides is 2. The molecule has 3 aliphatic rings. The number of nitrogens with zero attached hydrogens (tertiary/aromatic N) is 2. The molecule has 6 rings (SSSR count). The van der Waals surface area contributed by atoms with E-state index < -0.39 is 23.7 Å². The molecule has 4 heterocycles. The van der Waals surface area contributed by atoms with Crippen molar-refractivity contribution in [1.29, 1.82) is 0 Å². The van der Waals surface area contributed by atoms with Gasteiger partial charge in [-0.1, -0.05) is 30.4 Å². The Balaban J connectivity index is 1.17. The molecule has 12 nitrogen and oxygen atoms in total. The molecule has 1 saturated heterocycles. The number of cyclic esters (lactones) is 1. The minimum absolute atomic E-state index is 0.00300. The van der Waals surface area contributed by atoms with Gasteiger partial charge in [0.25, 0.3) is 5.56 Å². The Morgan fingerprint density at radius 3 is 2.58 bits per heavy atom. The van der Waals surface area contributed by atoms with Gasteiger partial charge < -0.3 is 34.5 Å². The van der Waals surface area contributed by atoms with Gasteiger partial charge in [0.15, 0.2) is 0 Å². The van der Waals surface area contributed by atoms with Gasteiger partial charge in [-0.2, -0.15) is 0 Å². The smallest absolute Gasteiger partial charge is 0.342 e. The summed E-state index contributed by atoms with van der Waals surface area (Å²) < 4.78 is 12.9. The van der Waals surface area contributed by atoms with Crippen molar-refractivity contribution in [2.45, 2.75) is 95.6 Å². The second-order valence-electron chi connectivity index (χ2n) is 15.0. The molecule has 2 bridgehead atoms. The van der Waals surface area contributed by atoms with Crippen molar-refractivity contribution in [3.05, 3.63) is 92.9 Å². The zero-order valence-corrected chi connectivity index (χ0v) is 31.6. The first-order valence-corrected chi connectivity index (χ1v) is 19.4. The summed E-state index contributed by atoms with van der Waals surface area (Å²) in [5.74, 6) is -1.68. The number of Topliss-reactive ketones (excluding diaryl/α,β-unsaturated/α-hetero) is 1. The highest BCUT2D eigenvalue weighted by Crippen LogP contribution is 2.44. The van der Waals surface area contributed by atoms with Gasteiger partial charge in [0.2, 0.25) is 11.8 Å². The van der Waals surface area contributed by atoms with Crippen LogP contribution in [0.2, 0.25) is 0 Å². The molecular weight excluding hydrogens is 702 g/mol. The molecule has 3 N–H and O–H groups in total. The molecular formula is C43H51N3O9. The maximum Gasteiger partial charge on any atom is 0.342 e. The minimum atomic E-state index is -0.866. The minimum Gasteiger partial charge on any atom is -0.507 e. The number of allylic oxidation sites excluding steroid dienone is 1. The molecule has 2 amide bonds. The Labute approximate surface area is 321 Å². The first-order valence-electron chi connectivity index (χ1n) is 19.4. The number of aromatic hydroxyl groups is 2. The van der Waals surface area contributed by atoms with E-state index >= 15 is 0 Å². The Morgan fingerprint density at radius 1 is 1.02 bits per heavy atom. The van der Waals surface area contributed by atoms with Crippen LogP contribution in [0.25, 0.3) is 6.08 Å². The van der Waals surface area contributed by atoms with Crippen LogP contribution in [-0.2, 0) is 25.7 Å². The number of carbonyl (C=O) groups is 4. The second kappa shape index (κ2) is 17.8. The molecule has 0 spiro atoms. The highest BCUT2D eigenvalue weighted by Gasteiger charge is 2.36. The Kier molecular flexibility index (Phi) is 12.7. The number of esters is 1. The highest BCUT2D eigenvalue weighted by atomic mass is 16.5. The highest BCUT2D eigenvalue weighted by molar-refractivity contribution is 5.98. The Morgan fingerprint density at radius 2 is 1.80 bits per heavy atom. The van der Waals surface area contributed by atoms with Gasteiger partial charge in [0.05, 0.1) is 13.2 Å². The number of nitrogens with one attached hydrogen (secondary N) is 1. The molecule has 292 valence electrons. The summed E-state index contributed by atoms with van der Waals surface area (Å²) in [6, 6.07) is 13.6. The van der Waals surface area contributed by atoms with Crippen LogP contribution in [0.1, 0.15) is 116 Å². The summed E-state index contributed by atoms with van der Waals surface area (Å²) >= 11 is 0. The van der Waals surface area contributed by atoms with Gasteiger partial charge in [-0.25, -0.2) is 4.79 Å².